The summed E-state index contributed by atoms with van der Waals surface area (Å²) < 4.78 is 36.0. The maximum Gasteiger partial charge on any atom is 0.393 e. The van der Waals surface area contributed by atoms with E-state index in [9.17, 15) is 18.0 Å². The zero-order chi connectivity index (χ0) is 11.5. The molecular formula is C10H8BrF3O. The molecule has 0 fully saturated rings. The Morgan fingerprint density at radius 2 is 1.73 bits per heavy atom. The zero-order valence-corrected chi connectivity index (χ0v) is 9.23. The largest absolute Gasteiger partial charge is 0.393 e. The van der Waals surface area contributed by atoms with Gasteiger partial charge in [-0.2, -0.15) is 13.2 Å². The Hall–Kier alpha value is -0.840. The highest BCUT2D eigenvalue weighted by atomic mass is 79.9. The predicted molar refractivity (Wildman–Crippen MR) is 54.3 cm³/mol. The molecule has 0 N–H and O–H groups in total. The molecule has 0 heterocycles. The maximum absolute atomic E-state index is 12.0. The molecule has 0 aliphatic rings. The van der Waals surface area contributed by atoms with Crippen molar-refractivity contribution in [2.45, 2.75) is 12.6 Å². The number of Topliss-reactive ketones (excluding diaryl/α,β-unsaturated/α-hetero) is 1. The van der Waals surface area contributed by atoms with Crippen LogP contribution in [0, 0.1) is 0 Å². The monoisotopic (exact) mass is 280 g/mol. The number of carbonyl (C=O) groups excluding carboxylic acids is 1. The minimum Gasteiger partial charge on any atom is -0.293 e. The molecule has 0 aromatic heterocycles. The van der Waals surface area contributed by atoms with E-state index in [0.29, 0.717) is 5.56 Å². The van der Waals surface area contributed by atoms with Gasteiger partial charge in [-0.25, -0.2) is 0 Å². The second kappa shape index (κ2) is 4.79. The highest BCUT2D eigenvalue weighted by Crippen LogP contribution is 2.21. The van der Waals surface area contributed by atoms with Gasteiger partial charge in [-0.3, -0.25) is 4.79 Å². The first-order chi connectivity index (χ1) is 6.92. The standard InChI is InChI=1S/C10H8BrF3O/c11-6-9(15)8-3-1-7(2-4-8)5-10(12,13)14/h1-4H,5-6H2. The van der Waals surface area contributed by atoms with Gasteiger partial charge in [-0.15, -0.1) is 0 Å². The Kier molecular flexibility index (Phi) is 3.90. The number of halogens is 4. The van der Waals surface area contributed by atoms with Crippen LogP contribution < -0.4 is 0 Å². The number of hydrogen-bond donors (Lipinski definition) is 0. The van der Waals surface area contributed by atoms with Gasteiger partial charge >= 0.3 is 6.18 Å². The van der Waals surface area contributed by atoms with Crippen molar-refractivity contribution in [1.29, 1.82) is 0 Å². The van der Waals surface area contributed by atoms with E-state index in [1.54, 1.807) is 0 Å². The predicted octanol–water partition coefficient (Wildman–Crippen LogP) is 3.37. The van der Waals surface area contributed by atoms with Crippen molar-refractivity contribution in [1.82, 2.24) is 0 Å². The second-order valence-electron chi connectivity index (χ2n) is 3.05. The molecule has 0 radical (unpaired) electrons. The SMILES string of the molecule is O=C(CBr)c1ccc(CC(F)(F)F)cc1. The molecular weight excluding hydrogens is 273 g/mol. The van der Waals surface area contributed by atoms with E-state index in [1.165, 1.54) is 24.3 Å². The number of carbonyl (C=O) groups is 1. The van der Waals surface area contributed by atoms with Crippen LogP contribution in [0.4, 0.5) is 13.2 Å². The van der Waals surface area contributed by atoms with Crippen LogP contribution in [-0.4, -0.2) is 17.3 Å². The van der Waals surface area contributed by atoms with Crippen molar-refractivity contribution in [3.63, 3.8) is 0 Å². The fourth-order valence-corrected chi connectivity index (χ4v) is 1.44. The topological polar surface area (TPSA) is 17.1 Å². The molecule has 15 heavy (non-hydrogen) atoms. The number of rotatable bonds is 3. The minimum atomic E-state index is -4.21. The molecule has 82 valence electrons. The molecule has 0 aliphatic heterocycles. The molecule has 0 bridgehead atoms. The number of hydrogen-bond acceptors (Lipinski definition) is 1. The average Bonchev–Trinajstić information content (AvgIpc) is 2.15. The molecule has 0 aliphatic carbocycles. The van der Waals surface area contributed by atoms with Crippen molar-refractivity contribution in [3.8, 4) is 0 Å². The lowest BCUT2D eigenvalue weighted by Gasteiger charge is -2.06. The van der Waals surface area contributed by atoms with E-state index in [2.05, 4.69) is 15.9 Å². The van der Waals surface area contributed by atoms with E-state index >= 15 is 0 Å². The summed E-state index contributed by atoms with van der Waals surface area (Å²) in [6.45, 7) is 0. The summed E-state index contributed by atoms with van der Waals surface area (Å²) >= 11 is 2.99. The van der Waals surface area contributed by atoms with Crippen molar-refractivity contribution in [2.24, 2.45) is 0 Å². The van der Waals surface area contributed by atoms with E-state index in [4.69, 9.17) is 0 Å². The van der Waals surface area contributed by atoms with Crippen molar-refractivity contribution >= 4 is 21.7 Å². The Morgan fingerprint density at radius 1 is 1.20 bits per heavy atom. The van der Waals surface area contributed by atoms with Crippen LogP contribution in [0.5, 0.6) is 0 Å². The summed E-state index contributed by atoms with van der Waals surface area (Å²) in [6.07, 6.45) is -5.17. The molecule has 0 amide bonds. The van der Waals surface area contributed by atoms with Crippen LogP contribution in [-0.2, 0) is 6.42 Å². The molecule has 5 heteroatoms. The van der Waals surface area contributed by atoms with Gasteiger partial charge in [-0.05, 0) is 5.56 Å². The maximum atomic E-state index is 12.0. The summed E-state index contributed by atoms with van der Waals surface area (Å²) in [6, 6.07) is 5.46. The van der Waals surface area contributed by atoms with Gasteiger partial charge in [0, 0.05) is 5.56 Å². The van der Waals surface area contributed by atoms with Gasteiger partial charge in [0.25, 0.3) is 0 Å². The van der Waals surface area contributed by atoms with Crippen molar-refractivity contribution in [2.75, 3.05) is 5.33 Å². The molecule has 0 atom stereocenters. The molecule has 0 spiro atoms. The van der Waals surface area contributed by atoms with Gasteiger partial charge in [0.05, 0.1) is 11.8 Å². The van der Waals surface area contributed by atoms with Crippen LogP contribution in [0.25, 0.3) is 0 Å². The first-order valence-electron chi connectivity index (χ1n) is 4.17. The normalized spacial score (nSPS) is 11.5. The Morgan fingerprint density at radius 3 is 2.13 bits per heavy atom. The number of benzene rings is 1. The van der Waals surface area contributed by atoms with Gasteiger partial charge in [0.15, 0.2) is 5.78 Å². The highest BCUT2D eigenvalue weighted by molar-refractivity contribution is 9.09. The van der Waals surface area contributed by atoms with Gasteiger partial charge in [0.2, 0.25) is 0 Å². The molecule has 0 saturated carbocycles. The van der Waals surface area contributed by atoms with Crippen LogP contribution >= 0.6 is 15.9 Å². The van der Waals surface area contributed by atoms with Crippen LogP contribution in [0.3, 0.4) is 0 Å². The lowest BCUT2D eigenvalue weighted by Crippen LogP contribution is -2.11. The summed E-state index contributed by atoms with van der Waals surface area (Å²) in [4.78, 5) is 11.1. The second-order valence-corrected chi connectivity index (χ2v) is 3.61. The minimum absolute atomic E-state index is 0.145. The first kappa shape index (κ1) is 12.2. The third-order valence-electron chi connectivity index (χ3n) is 1.80. The fourth-order valence-electron chi connectivity index (χ4n) is 1.12. The fraction of sp³-hybridized carbons (Fsp3) is 0.300. The summed E-state index contributed by atoms with van der Waals surface area (Å²) in [5.41, 5.74) is 0.575. The van der Waals surface area contributed by atoms with E-state index in [0.717, 1.165) is 0 Å². The van der Waals surface area contributed by atoms with Gasteiger partial charge < -0.3 is 0 Å². The number of alkyl halides is 4. The van der Waals surface area contributed by atoms with Gasteiger partial charge in [0.1, 0.15) is 0 Å². The van der Waals surface area contributed by atoms with E-state index < -0.39 is 12.6 Å². The highest BCUT2D eigenvalue weighted by Gasteiger charge is 2.27. The summed E-state index contributed by atoms with van der Waals surface area (Å²) in [7, 11) is 0. The van der Waals surface area contributed by atoms with E-state index in [-0.39, 0.29) is 16.7 Å². The zero-order valence-electron chi connectivity index (χ0n) is 7.64. The molecule has 1 aromatic carbocycles. The lowest BCUT2D eigenvalue weighted by atomic mass is 10.1. The van der Waals surface area contributed by atoms with Crippen LogP contribution in [0.1, 0.15) is 15.9 Å². The van der Waals surface area contributed by atoms with E-state index in [1.807, 2.05) is 0 Å². The third-order valence-corrected chi connectivity index (χ3v) is 2.31. The Balaban J connectivity index is 2.77. The quantitative estimate of drug-likeness (QED) is 0.613. The average molecular weight is 281 g/mol. The third kappa shape index (κ3) is 4.03. The molecule has 1 rings (SSSR count). The smallest absolute Gasteiger partial charge is 0.293 e. The van der Waals surface area contributed by atoms with Crippen LogP contribution in [0.15, 0.2) is 24.3 Å². The Bertz CT molecular complexity index is 343. The first-order valence-corrected chi connectivity index (χ1v) is 5.29. The van der Waals surface area contributed by atoms with Crippen LogP contribution in [0.2, 0.25) is 0 Å². The summed E-state index contributed by atoms with van der Waals surface area (Å²) in [5.74, 6) is -0.145. The molecule has 0 unspecified atom stereocenters. The summed E-state index contributed by atoms with van der Waals surface area (Å²) in [5, 5.41) is 0.172. The van der Waals surface area contributed by atoms with Crippen molar-refractivity contribution in [3.05, 3.63) is 35.4 Å². The molecule has 0 saturated heterocycles. The van der Waals surface area contributed by atoms with Gasteiger partial charge in [-0.1, -0.05) is 40.2 Å². The molecule has 1 aromatic rings. The molecule has 1 nitrogen and oxygen atoms in total. The lowest BCUT2D eigenvalue weighted by molar-refractivity contribution is -0.127. The number of ketones is 1. The van der Waals surface area contributed by atoms with Crippen molar-refractivity contribution < 1.29 is 18.0 Å². The Labute approximate surface area is 93.4 Å².